The van der Waals surface area contributed by atoms with Crippen molar-refractivity contribution in [2.45, 2.75) is 70.1 Å². The van der Waals surface area contributed by atoms with Crippen molar-refractivity contribution >= 4 is 17.0 Å². The molecule has 1 unspecified atom stereocenters. The quantitative estimate of drug-likeness (QED) is 0.396. The maximum Gasteiger partial charge on any atom is 0.168 e. The molecule has 11 nitrogen and oxygen atoms in total. The van der Waals surface area contributed by atoms with Crippen molar-refractivity contribution in [3.8, 4) is 11.4 Å². The molecule has 31 heavy (non-hydrogen) atoms. The largest absolute Gasteiger partial charge is 0.394 e. The van der Waals surface area contributed by atoms with Gasteiger partial charge in [-0.15, -0.1) is 0 Å². The van der Waals surface area contributed by atoms with Gasteiger partial charge in [0.05, 0.1) is 24.2 Å². The Labute approximate surface area is 178 Å². The van der Waals surface area contributed by atoms with E-state index in [0.717, 1.165) is 29.8 Å². The molecule has 3 aromatic rings. The second-order valence-corrected chi connectivity index (χ2v) is 8.38. The Hall–Kier alpha value is -2.60. The van der Waals surface area contributed by atoms with Crippen LogP contribution in [0.4, 0.5) is 5.82 Å². The SMILES string of the molecule is Cc1n[nH]c(C)c1-c1nc(NC2CCCC2)c2ncn(C3O[C@H](CO)[C@@H](O)[C@H]3O)c2n1. The summed E-state index contributed by atoms with van der Waals surface area (Å²) in [7, 11) is 0. The van der Waals surface area contributed by atoms with Gasteiger partial charge in [-0.2, -0.15) is 5.10 Å². The number of aliphatic hydroxyl groups is 3. The number of ether oxygens (including phenoxy) is 1. The lowest BCUT2D eigenvalue weighted by Crippen LogP contribution is -2.33. The van der Waals surface area contributed by atoms with Crippen LogP contribution >= 0.6 is 0 Å². The van der Waals surface area contributed by atoms with E-state index in [1.54, 1.807) is 4.57 Å². The Morgan fingerprint density at radius 3 is 2.61 bits per heavy atom. The van der Waals surface area contributed by atoms with Gasteiger partial charge >= 0.3 is 0 Å². The molecule has 0 amide bonds. The number of aromatic nitrogens is 6. The molecule has 5 N–H and O–H groups in total. The van der Waals surface area contributed by atoms with Crippen LogP contribution in [0.3, 0.4) is 0 Å². The van der Waals surface area contributed by atoms with Gasteiger partial charge in [-0.3, -0.25) is 9.67 Å². The number of hydrogen-bond donors (Lipinski definition) is 5. The Balaban J connectivity index is 1.64. The lowest BCUT2D eigenvalue weighted by atomic mass is 10.1. The van der Waals surface area contributed by atoms with Gasteiger partial charge < -0.3 is 25.4 Å². The van der Waals surface area contributed by atoms with E-state index in [-0.39, 0.29) is 0 Å². The fourth-order valence-corrected chi connectivity index (χ4v) is 4.57. The summed E-state index contributed by atoms with van der Waals surface area (Å²) in [5.41, 5.74) is 3.48. The summed E-state index contributed by atoms with van der Waals surface area (Å²) < 4.78 is 7.30. The minimum Gasteiger partial charge on any atom is -0.394 e. The minimum absolute atomic E-state index is 0.316. The number of nitrogens with one attached hydrogen (secondary N) is 2. The summed E-state index contributed by atoms with van der Waals surface area (Å²) in [5, 5.41) is 40.9. The highest BCUT2D eigenvalue weighted by atomic mass is 16.6. The van der Waals surface area contributed by atoms with Crippen LogP contribution in [0.1, 0.15) is 43.3 Å². The molecular weight excluding hydrogens is 402 g/mol. The number of aryl methyl sites for hydroxylation is 2. The van der Waals surface area contributed by atoms with Crippen molar-refractivity contribution in [1.82, 2.24) is 29.7 Å². The molecule has 1 aliphatic carbocycles. The number of fused-ring (bicyclic) bond motifs is 1. The maximum atomic E-state index is 10.5. The summed E-state index contributed by atoms with van der Waals surface area (Å²) >= 11 is 0. The van der Waals surface area contributed by atoms with E-state index in [9.17, 15) is 15.3 Å². The van der Waals surface area contributed by atoms with Crippen LogP contribution in [0.15, 0.2) is 6.33 Å². The third kappa shape index (κ3) is 3.37. The highest BCUT2D eigenvalue weighted by Gasteiger charge is 2.44. The molecule has 1 saturated carbocycles. The Morgan fingerprint density at radius 1 is 1.19 bits per heavy atom. The van der Waals surface area contributed by atoms with Crippen LogP contribution in [0.25, 0.3) is 22.6 Å². The van der Waals surface area contributed by atoms with E-state index in [1.807, 2.05) is 13.8 Å². The number of hydrogen-bond acceptors (Lipinski definition) is 9. The molecule has 0 bridgehead atoms. The lowest BCUT2D eigenvalue weighted by Gasteiger charge is -2.18. The Kier molecular flexibility index (Phi) is 5.13. The first-order valence-corrected chi connectivity index (χ1v) is 10.6. The summed E-state index contributed by atoms with van der Waals surface area (Å²) in [5.74, 6) is 1.11. The molecule has 0 spiro atoms. The van der Waals surface area contributed by atoms with E-state index >= 15 is 0 Å². The fraction of sp³-hybridized carbons (Fsp3) is 0.600. The van der Waals surface area contributed by atoms with Crippen molar-refractivity contribution in [3.63, 3.8) is 0 Å². The number of H-pyrrole nitrogens is 1. The summed E-state index contributed by atoms with van der Waals surface area (Å²) in [6.07, 6.45) is 1.78. The first kappa shape index (κ1) is 20.3. The highest BCUT2D eigenvalue weighted by molar-refractivity contribution is 5.85. The van der Waals surface area contributed by atoms with E-state index in [4.69, 9.17) is 14.7 Å². The van der Waals surface area contributed by atoms with Gasteiger partial charge in [0.1, 0.15) is 18.3 Å². The zero-order valence-electron chi connectivity index (χ0n) is 17.5. The smallest absolute Gasteiger partial charge is 0.168 e. The number of rotatable bonds is 5. The van der Waals surface area contributed by atoms with Gasteiger partial charge in [-0.1, -0.05) is 12.8 Å². The van der Waals surface area contributed by atoms with Crippen LogP contribution < -0.4 is 5.32 Å². The first-order chi connectivity index (χ1) is 15.0. The fourth-order valence-electron chi connectivity index (χ4n) is 4.57. The predicted octanol–water partition coefficient (Wildman–Crippen LogP) is 0.799. The Bertz CT molecular complexity index is 1070. The molecule has 2 aliphatic rings. The van der Waals surface area contributed by atoms with E-state index in [0.29, 0.717) is 28.8 Å². The molecule has 166 valence electrons. The van der Waals surface area contributed by atoms with Crippen molar-refractivity contribution in [3.05, 3.63) is 17.7 Å². The van der Waals surface area contributed by atoms with Crippen molar-refractivity contribution < 1.29 is 20.1 Å². The number of aliphatic hydroxyl groups excluding tert-OH is 3. The molecule has 0 radical (unpaired) electrons. The van der Waals surface area contributed by atoms with Crippen LogP contribution in [0, 0.1) is 13.8 Å². The molecule has 4 heterocycles. The second kappa shape index (κ2) is 7.83. The third-order valence-electron chi connectivity index (χ3n) is 6.26. The van der Waals surface area contributed by atoms with Crippen LogP contribution in [0.2, 0.25) is 0 Å². The summed E-state index contributed by atoms with van der Waals surface area (Å²) in [6.45, 7) is 3.40. The molecule has 3 aromatic heterocycles. The Morgan fingerprint density at radius 2 is 1.97 bits per heavy atom. The third-order valence-corrected chi connectivity index (χ3v) is 6.26. The number of aromatic amines is 1. The first-order valence-electron chi connectivity index (χ1n) is 10.6. The molecule has 5 rings (SSSR count). The van der Waals surface area contributed by atoms with Crippen LogP contribution in [0.5, 0.6) is 0 Å². The van der Waals surface area contributed by atoms with Crippen LogP contribution in [-0.2, 0) is 4.74 Å². The molecule has 11 heteroatoms. The van der Waals surface area contributed by atoms with Crippen LogP contribution in [-0.4, -0.2) is 76.0 Å². The molecule has 1 aliphatic heterocycles. The topological polar surface area (TPSA) is 154 Å². The number of imidazole rings is 1. The minimum atomic E-state index is -1.23. The van der Waals surface area contributed by atoms with E-state index in [2.05, 4.69) is 20.5 Å². The highest BCUT2D eigenvalue weighted by Crippen LogP contribution is 2.34. The van der Waals surface area contributed by atoms with Gasteiger partial charge in [0, 0.05) is 11.7 Å². The zero-order chi connectivity index (χ0) is 21.7. The predicted molar refractivity (Wildman–Crippen MR) is 111 cm³/mol. The zero-order valence-corrected chi connectivity index (χ0v) is 17.5. The van der Waals surface area contributed by atoms with Crippen molar-refractivity contribution in [2.75, 3.05) is 11.9 Å². The summed E-state index contributed by atoms with van der Waals surface area (Å²) in [6, 6.07) is 0.316. The average molecular weight is 429 g/mol. The molecule has 1 saturated heterocycles. The van der Waals surface area contributed by atoms with E-state index in [1.165, 1.54) is 19.2 Å². The lowest BCUT2D eigenvalue weighted by molar-refractivity contribution is -0.0511. The standard InChI is InChI=1S/C20H27N7O4/c1-9-13(10(2)26-25-9)17-23-18(22-11-5-3-4-6-11)14-19(24-17)27(8-21-14)20-16(30)15(29)12(7-28)31-20/h8,11-12,15-16,20,28-30H,3-7H2,1-2H3,(H,25,26)(H,22,23,24)/t12-,15-,16-,20?/m1/s1. The normalized spacial score (nSPS) is 26.9. The average Bonchev–Trinajstić information content (AvgIpc) is 3.52. The molecule has 2 fully saturated rings. The van der Waals surface area contributed by atoms with Gasteiger partial charge in [-0.25, -0.2) is 15.0 Å². The second-order valence-electron chi connectivity index (χ2n) is 8.38. The number of nitrogens with zero attached hydrogens (tertiary/aromatic N) is 5. The van der Waals surface area contributed by atoms with E-state index < -0.39 is 31.1 Å². The molecular formula is C20H27N7O4. The van der Waals surface area contributed by atoms with Gasteiger partial charge in [0.15, 0.2) is 29.0 Å². The molecule has 4 atom stereocenters. The van der Waals surface area contributed by atoms with Crippen molar-refractivity contribution in [2.24, 2.45) is 0 Å². The maximum absolute atomic E-state index is 10.5. The number of anilines is 1. The summed E-state index contributed by atoms with van der Waals surface area (Å²) in [4.78, 5) is 14.0. The van der Waals surface area contributed by atoms with Gasteiger partial charge in [0.2, 0.25) is 0 Å². The van der Waals surface area contributed by atoms with Gasteiger partial charge in [-0.05, 0) is 26.7 Å². The monoisotopic (exact) mass is 429 g/mol. The van der Waals surface area contributed by atoms with Crippen molar-refractivity contribution in [1.29, 1.82) is 0 Å². The van der Waals surface area contributed by atoms with Gasteiger partial charge in [0.25, 0.3) is 0 Å². The molecule has 0 aromatic carbocycles.